The Morgan fingerprint density at radius 1 is 1.21 bits per heavy atom. The lowest BCUT2D eigenvalue weighted by Gasteiger charge is -2.36. The largest absolute Gasteiger partial charge is 0.353 e. The Hall–Kier alpha value is -1.42. The van der Waals surface area contributed by atoms with Gasteiger partial charge in [0.25, 0.3) is 0 Å². The summed E-state index contributed by atoms with van der Waals surface area (Å²) >= 11 is 0. The van der Waals surface area contributed by atoms with Crippen LogP contribution in [0.5, 0.6) is 0 Å². The molecule has 1 aliphatic heterocycles. The van der Waals surface area contributed by atoms with Gasteiger partial charge in [-0.2, -0.15) is 0 Å². The number of nitrogens with one attached hydrogen (secondary N) is 1. The van der Waals surface area contributed by atoms with Crippen LogP contribution in [0, 0.1) is 11.7 Å². The first-order valence-electron chi connectivity index (χ1n) is 9.38. The highest BCUT2D eigenvalue weighted by Gasteiger charge is 2.25. The van der Waals surface area contributed by atoms with Crippen LogP contribution < -0.4 is 5.32 Å². The maximum atomic E-state index is 13.0. The number of benzene rings is 1. The Kier molecular flexibility index (Phi) is 5.88. The van der Waals surface area contributed by atoms with Gasteiger partial charge in [-0.1, -0.05) is 12.1 Å². The summed E-state index contributed by atoms with van der Waals surface area (Å²) in [5, 5.41) is 3.08. The molecule has 0 aromatic heterocycles. The Balaban J connectivity index is 1.36. The fourth-order valence-corrected chi connectivity index (χ4v) is 3.64. The fourth-order valence-electron chi connectivity index (χ4n) is 3.64. The molecular weight excluding hydrogens is 303 g/mol. The van der Waals surface area contributed by atoms with Crippen molar-refractivity contribution in [3.05, 3.63) is 35.6 Å². The third kappa shape index (κ3) is 5.30. The van der Waals surface area contributed by atoms with E-state index in [4.69, 9.17) is 0 Å². The van der Waals surface area contributed by atoms with Gasteiger partial charge in [-0.15, -0.1) is 0 Å². The molecule has 1 heterocycles. The molecule has 0 spiro atoms. The molecule has 132 valence electrons. The van der Waals surface area contributed by atoms with Crippen LogP contribution >= 0.6 is 0 Å². The molecule has 1 aromatic rings. The van der Waals surface area contributed by atoms with Gasteiger partial charge >= 0.3 is 0 Å². The molecule has 1 amide bonds. The summed E-state index contributed by atoms with van der Waals surface area (Å²) in [5.74, 6) is 0.756. The molecule has 1 aromatic carbocycles. The van der Waals surface area contributed by atoms with E-state index in [9.17, 15) is 9.18 Å². The third-order valence-electron chi connectivity index (χ3n) is 5.44. The molecule has 0 unspecified atom stereocenters. The van der Waals surface area contributed by atoms with Crippen LogP contribution in [0.1, 0.15) is 51.0 Å². The average Bonchev–Trinajstić information content (AvgIpc) is 3.39. The summed E-state index contributed by atoms with van der Waals surface area (Å²) in [6.45, 7) is 4.47. The maximum absolute atomic E-state index is 13.0. The second kappa shape index (κ2) is 8.11. The Bertz CT molecular complexity index is 533. The molecule has 1 N–H and O–H groups in total. The first kappa shape index (κ1) is 17.4. The second-order valence-electron chi connectivity index (χ2n) is 7.54. The van der Waals surface area contributed by atoms with E-state index in [1.807, 2.05) is 12.1 Å². The molecule has 3 nitrogen and oxygen atoms in total. The third-order valence-corrected chi connectivity index (χ3v) is 5.44. The minimum Gasteiger partial charge on any atom is -0.353 e. The molecular formula is C20H29FN2O. The van der Waals surface area contributed by atoms with Gasteiger partial charge in [0.05, 0.1) is 0 Å². The predicted molar refractivity (Wildman–Crippen MR) is 94.3 cm³/mol. The number of amides is 1. The zero-order chi connectivity index (χ0) is 16.9. The zero-order valence-corrected chi connectivity index (χ0v) is 14.6. The lowest BCUT2D eigenvalue weighted by Crippen LogP contribution is -2.41. The van der Waals surface area contributed by atoms with Gasteiger partial charge in [0.1, 0.15) is 5.82 Å². The standard InChI is InChI=1S/C20H29FN2O/c1-15(14-17-2-5-18(21)6-3-17)23-12-10-16(11-13-23)4-9-20(24)22-19-7-8-19/h2-3,5-6,15-16,19H,4,7-14H2,1H3,(H,22,24)/t15-/m1/s1. The topological polar surface area (TPSA) is 32.3 Å². The zero-order valence-electron chi connectivity index (χ0n) is 14.6. The van der Waals surface area contributed by atoms with E-state index in [-0.39, 0.29) is 11.7 Å². The smallest absolute Gasteiger partial charge is 0.220 e. The van der Waals surface area contributed by atoms with E-state index >= 15 is 0 Å². The maximum Gasteiger partial charge on any atom is 0.220 e. The number of halogens is 1. The molecule has 2 fully saturated rings. The van der Waals surface area contributed by atoms with Crippen LogP contribution in [0.2, 0.25) is 0 Å². The summed E-state index contributed by atoms with van der Waals surface area (Å²) in [6, 6.07) is 7.82. The Morgan fingerprint density at radius 3 is 2.50 bits per heavy atom. The van der Waals surface area contributed by atoms with Gasteiger partial charge in [0, 0.05) is 18.5 Å². The molecule has 4 heteroatoms. The molecule has 24 heavy (non-hydrogen) atoms. The minimum absolute atomic E-state index is 0.169. The lowest BCUT2D eigenvalue weighted by atomic mass is 9.91. The number of hydrogen-bond donors (Lipinski definition) is 1. The molecule has 1 aliphatic carbocycles. The summed E-state index contributed by atoms with van der Waals surface area (Å²) in [5.41, 5.74) is 1.20. The van der Waals surface area contributed by atoms with Crippen molar-refractivity contribution in [2.45, 2.75) is 64.0 Å². The van der Waals surface area contributed by atoms with Crippen molar-refractivity contribution in [3.8, 4) is 0 Å². The van der Waals surface area contributed by atoms with E-state index < -0.39 is 0 Å². The van der Waals surface area contributed by atoms with Gasteiger partial charge < -0.3 is 10.2 Å². The van der Waals surface area contributed by atoms with Gasteiger partial charge in [0.2, 0.25) is 5.91 Å². The molecule has 0 bridgehead atoms. The monoisotopic (exact) mass is 332 g/mol. The van der Waals surface area contributed by atoms with Gasteiger partial charge in [-0.3, -0.25) is 4.79 Å². The second-order valence-corrected chi connectivity index (χ2v) is 7.54. The predicted octanol–water partition coefficient (Wildman–Crippen LogP) is 3.53. The van der Waals surface area contributed by atoms with Crippen LogP contribution in [0.4, 0.5) is 4.39 Å². The number of rotatable bonds is 7. The summed E-state index contributed by atoms with van der Waals surface area (Å²) < 4.78 is 13.0. The van der Waals surface area contributed by atoms with Crippen LogP contribution in [0.3, 0.4) is 0 Å². The highest BCUT2D eigenvalue weighted by molar-refractivity contribution is 5.76. The van der Waals surface area contributed by atoms with E-state index in [1.165, 1.54) is 18.4 Å². The van der Waals surface area contributed by atoms with Crippen molar-refractivity contribution in [2.75, 3.05) is 13.1 Å². The molecule has 0 radical (unpaired) electrons. The number of piperidine rings is 1. The fraction of sp³-hybridized carbons (Fsp3) is 0.650. The normalized spacial score (nSPS) is 20.8. The van der Waals surface area contributed by atoms with Crippen LogP contribution in [0.25, 0.3) is 0 Å². The Morgan fingerprint density at radius 2 is 1.88 bits per heavy atom. The van der Waals surface area contributed by atoms with Crippen LogP contribution in [-0.4, -0.2) is 36.0 Å². The van der Waals surface area contributed by atoms with Gasteiger partial charge in [-0.25, -0.2) is 4.39 Å². The first-order chi connectivity index (χ1) is 11.6. The van der Waals surface area contributed by atoms with E-state index in [2.05, 4.69) is 17.1 Å². The quantitative estimate of drug-likeness (QED) is 0.828. The van der Waals surface area contributed by atoms with Crippen molar-refractivity contribution >= 4 is 5.91 Å². The van der Waals surface area contributed by atoms with Crippen molar-refractivity contribution in [1.29, 1.82) is 0 Å². The summed E-state index contributed by atoms with van der Waals surface area (Å²) in [6.07, 6.45) is 7.38. The van der Waals surface area contributed by atoms with Crippen molar-refractivity contribution in [1.82, 2.24) is 10.2 Å². The van der Waals surface area contributed by atoms with Crippen molar-refractivity contribution in [2.24, 2.45) is 5.92 Å². The number of carbonyl (C=O) groups excluding carboxylic acids is 1. The van der Waals surface area contributed by atoms with E-state index in [1.54, 1.807) is 12.1 Å². The highest BCUT2D eigenvalue weighted by atomic mass is 19.1. The first-order valence-corrected chi connectivity index (χ1v) is 9.38. The number of nitrogens with zero attached hydrogens (tertiary/aromatic N) is 1. The summed E-state index contributed by atoms with van der Waals surface area (Å²) in [4.78, 5) is 14.3. The van der Waals surface area contributed by atoms with Crippen molar-refractivity contribution < 1.29 is 9.18 Å². The summed E-state index contributed by atoms with van der Waals surface area (Å²) in [7, 11) is 0. The van der Waals surface area contributed by atoms with Gasteiger partial charge in [-0.05, 0) is 82.2 Å². The molecule has 2 aliphatic rings. The molecule has 1 atom stereocenters. The highest BCUT2D eigenvalue weighted by Crippen LogP contribution is 2.25. The number of hydrogen-bond acceptors (Lipinski definition) is 2. The van der Waals surface area contributed by atoms with Gasteiger partial charge in [0.15, 0.2) is 0 Å². The lowest BCUT2D eigenvalue weighted by molar-refractivity contribution is -0.121. The minimum atomic E-state index is -0.169. The number of likely N-dealkylation sites (tertiary alicyclic amines) is 1. The molecule has 1 saturated heterocycles. The van der Waals surface area contributed by atoms with Crippen LogP contribution in [-0.2, 0) is 11.2 Å². The SMILES string of the molecule is C[C@H](Cc1ccc(F)cc1)N1CCC(CCC(=O)NC2CC2)CC1. The Labute approximate surface area is 144 Å². The van der Waals surface area contributed by atoms with Crippen molar-refractivity contribution in [3.63, 3.8) is 0 Å². The van der Waals surface area contributed by atoms with E-state index in [0.717, 1.165) is 38.8 Å². The molecule has 1 saturated carbocycles. The number of carbonyl (C=O) groups is 1. The van der Waals surface area contributed by atoms with Crippen LogP contribution in [0.15, 0.2) is 24.3 Å². The van der Waals surface area contributed by atoms with E-state index in [0.29, 0.717) is 24.4 Å². The average molecular weight is 332 g/mol. The molecule has 3 rings (SSSR count).